The molecular weight excluding hydrogens is 228 g/mol. The van der Waals surface area contributed by atoms with Gasteiger partial charge in [-0.25, -0.2) is 13.1 Å². The molecule has 0 aromatic heterocycles. The van der Waals surface area contributed by atoms with Crippen LogP contribution >= 0.6 is 0 Å². The van der Waals surface area contributed by atoms with Gasteiger partial charge in [-0.2, -0.15) is 0 Å². The molecule has 16 heavy (non-hydrogen) atoms. The summed E-state index contributed by atoms with van der Waals surface area (Å²) in [5.41, 5.74) is -0.118. The lowest BCUT2D eigenvalue weighted by Crippen LogP contribution is -2.56. The van der Waals surface area contributed by atoms with Crippen LogP contribution in [0.25, 0.3) is 0 Å². The minimum atomic E-state index is -3.11. The summed E-state index contributed by atoms with van der Waals surface area (Å²) in [4.78, 5) is 2.30. The van der Waals surface area contributed by atoms with Crippen LogP contribution in [0.1, 0.15) is 20.3 Å². The fourth-order valence-corrected chi connectivity index (χ4v) is 2.42. The summed E-state index contributed by atoms with van der Waals surface area (Å²) in [5.74, 6) is 0. The van der Waals surface area contributed by atoms with Gasteiger partial charge in [0.15, 0.2) is 0 Å². The zero-order chi connectivity index (χ0) is 12.2. The third-order valence-corrected chi connectivity index (χ3v) is 3.92. The van der Waals surface area contributed by atoms with E-state index in [1.54, 1.807) is 0 Å². The van der Waals surface area contributed by atoms with Crippen LogP contribution in [-0.2, 0) is 14.8 Å². The monoisotopic (exact) mass is 250 g/mol. The molecule has 5 nitrogen and oxygen atoms in total. The Morgan fingerprint density at radius 1 is 1.38 bits per heavy atom. The average Bonchev–Trinajstić information content (AvgIpc) is 2.26. The van der Waals surface area contributed by atoms with Crippen molar-refractivity contribution in [2.24, 2.45) is 0 Å². The normalized spacial score (nSPS) is 22.9. The van der Waals surface area contributed by atoms with Gasteiger partial charge in [-0.05, 0) is 13.3 Å². The van der Waals surface area contributed by atoms with E-state index in [-0.39, 0.29) is 5.54 Å². The zero-order valence-corrected chi connectivity index (χ0v) is 11.1. The van der Waals surface area contributed by atoms with E-state index in [0.717, 1.165) is 32.7 Å². The van der Waals surface area contributed by atoms with Gasteiger partial charge >= 0.3 is 0 Å². The summed E-state index contributed by atoms with van der Waals surface area (Å²) in [6.45, 7) is 7.84. The second kappa shape index (κ2) is 5.44. The Bertz CT molecular complexity index is 312. The molecule has 0 saturated carbocycles. The number of nitrogens with one attached hydrogen (secondary N) is 1. The van der Waals surface area contributed by atoms with Gasteiger partial charge in [0.05, 0.1) is 19.5 Å². The van der Waals surface area contributed by atoms with Gasteiger partial charge in [-0.3, -0.25) is 4.90 Å². The van der Waals surface area contributed by atoms with Crippen LogP contribution in [0.2, 0.25) is 0 Å². The zero-order valence-electron chi connectivity index (χ0n) is 10.3. The molecule has 96 valence electrons. The second-order valence-electron chi connectivity index (χ2n) is 4.54. The number of nitrogens with zero attached hydrogens (tertiary/aromatic N) is 1. The average molecular weight is 250 g/mol. The molecule has 1 unspecified atom stereocenters. The van der Waals surface area contributed by atoms with E-state index in [0.29, 0.717) is 6.54 Å². The molecule has 1 fully saturated rings. The van der Waals surface area contributed by atoms with Crippen LogP contribution in [0.5, 0.6) is 0 Å². The molecule has 0 aliphatic carbocycles. The number of hydrogen-bond acceptors (Lipinski definition) is 4. The fraction of sp³-hybridized carbons (Fsp3) is 1.00. The minimum absolute atomic E-state index is 0.118. The largest absolute Gasteiger partial charge is 0.379 e. The van der Waals surface area contributed by atoms with Crippen molar-refractivity contribution >= 4 is 10.0 Å². The van der Waals surface area contributed by atoms with Gasteiger partial charge in [0.25, 0.3) is 0 Å². The Labute approximate surface area is 98.2 Å². The van der Waals surface area contributed by atoms with Crippen LogP contribution in [0.4, 0.5) is 0 Å². The molecule has 0 aromatic rings. The lowest BCUT2D eigenvalue weighted by atomic mass is 9.96. The van der Waals surface area contributed by atoms with Crippen molar-refractivity contribution in [1.82, 2.24) is 9.62 Å². The maximum absolute atomic E-state index is 11.1. The summed E-state index contributed by atoms with van der Waals surface area (Å²) in [6, 6.07) is 0. The highest BCUT2D eigenvalue weighted by molar-refractivity contribution is 7.88. The smallest absolute Gasteiger partial charge is 0.208 e. The lowest BCUT2D eigenvalue weighted by molar-refractivity contribution is -0.0157. The van der Waals surface area contributed by atoms with E-state index in [2.05, 4.69) is 23.5 Å². The third-order valence-electron chi connectivity index (χ3n) is 3.25. The second-order valence-corrected chi connectivity index (χ2v) is 6.38. The van der Waals surface area contributed by atoms with Crippen molar-refractivity contribution in [2.75, 3.05) is 39.1 Å². The number of sulfonamides is 1. The Morgan fingerprint density at radius 3 is 2.38 bits per heavy atom. The van der Waals surface area contributed by atoms with Crippen LogP contribution in [0.15, 0.2) is 0 Å². The Hall–Kier alpha value is -0.170. The molecule has 1 aliphatic heterocycles. The summed E-state index contributed by atoms with van der Waals surface area (Å²) in [5, 5.41) is 0. The van der Waals surface area contributed by atoms with Crippen molar-refractivity contribution < 1.29 is 13.2 Å². The van der Waals surface area contributed by atoms with E-state index >= 15 is 0 Å². The molecule has 1 aliphatic rings. The van der Waals surface area contributed by atoms with E-state index < -0.39 is 10.0 Å². The summed E-state index contributed by atoms with van der Waals surface area (Å²) < 4.78 is 30.1. The number of rotatable bonds is 5. The van der Waals surface area contributed by atoms with Crippen LogP contribution in [0.3, 0.4) is 0 Å². The van der Waals surface area contributed by atoms with Crippen molar-refractivity contribution in [3.05, 3.63) is 0 Å². The molecule has 1 saturated heterocycles. The molecule has 0 bridgehead atoms. The van der Waals surface area contributed by atoms with Crippen LogP contribution < -0.4 is 4.72 Å². The van der Waals surface area contributed by atoms with Gasteiger partial charge in [0, 0.05) is 25.2 Å². The van der Waals surface area contributed by atoms with Crippen molar-refractivity contribution in [3.63, 3.8) is 0 Å². The van der Waals surface area contributed by atoms with Crippen LogP contribution in [-0.4, -0.2) is 58.0 Å². The molecule has 0 radical (unpaired) electrons. The van der Waals surface area contributed by atoms with Gasteiger partial charge in [-0.15, -0.1) is 0 Å². The summed E-state index contributed by atoms with van der Waals surface area (Å²) in [7, 11) is -3.11. The lowest BCUT2D eigenvalue weighted by Gasteiger charge is -2.42. The van der Waals surface area contributed by atoms with Crippen molar-refractivity contribution in [2.45, 2.75) is 25.8 Å². The number of hydrogen-bond donors (Lipinski definition) is 1. The summed E-state index contributed by atoms with van der Waals surface area (Å²) in [6.07, 6.45) is 2.11. The molecule has 1 N–H and O–H groups in total. The van der Waals surface area contributed by atoms with E-state index in [1.807, 2.05) is 0 Å². The SMILES string of the molecule is CCC(C)(CNS(C)(=O)=O)N1CCOCC1. The van der Waals surface area contributed by atoms with Gasteiger partial charge in [-0.1, -0.05) is 6.92 Å². The maximum Gasteiger partial charge on any atom is 0.208 e. The molecule has 1 heterocycles. The maximum atomic E-state index is 11.1. The Kier molecular flexibility index (Phi) is 4.73. The fourth-order valence-electron chi connectivity index (χ4n) is 1.85. The third kappa shape index (κ3) is 4.01. The predicted octanol–water partition coefficient (Wildman–Crippen LogP) is 0.0365. The van der Waals surface area contributed by atoms with Crippen molar-refractivity contribution in [3.8, 4) is 0 Å². The topological polar surface area (TPSA) is 58.6 Å². The van der Waals surface area contributed by atoms with Gasteiger partial charge < -0.3 is 4.74 Å². The molecular formula is C10H22N2O3S. The highest BCUT2D eigenvalue weighted by Crippen LogP contribution is 2.20. The van der Waals surface area contributed by atoms with E-state index in [4.69, 9.17) is 4.74 Å². The van der Waals surface area contributed by atoms with Crippen LogP contribution in [0, 0.1) is 0 Å². The van der Waals surface area contributed by atoms with Gasteiger partial charge in [0.2, 0.25) is 10.0 Å². The molecule has 1 atom stereocenters. The number of morpholine rings is 1. The highest BCUT2D eigenvalue weighted by atomic mass is 32.2. The number of ether oxygens (including phenoxy) is 1. The first-order valence-electron chi connectivity index (χ1n) is 5.65. The molecule has 0 spiro atoms. The summed E-state index contributed by atoms with van der Waals surface area (Å²) >= 11 is 0. The molecule has 6 heteroatoms. The first-order valence-corrected chi connectivity index (χ1v) is 7.54. The standard InChI is InChI=1S/C10H22N2O3S/c1-4-10(2,9-11-16(3,13)14)12-5-7-15-8-6-12/h11H,4-9H2,1-3H3. The van der Waals surface area contributed by atoms with E-state index in [9.17, 15) is 8.42 Å². The van der Waals surface area contributed by atoms with Gasteiger partial charge in [0.1, 0.15) is 0 Å². The van der Waals surface area contributed by atoms with E-state index in [1.165, 1.54) is 6.26 Å². The molecule has 1 rings (SSSR count). The quantitative estimate of drug-likeness (QED) is 0.748. The predicted molar refractivity (Wildman–Crippen MR) is 63.9 cm³/mol. The highest BCUT2D eigenvalue weighted by Gasteiger charge is 2.31. The Morgan fingerprint density at radius 2 is 1.94 bits per heavy atom. The molecule has 0 amide bonds. The Balaban J connectivity index is 2.60. The minimum Gasteiger partial charge on any atom is -0.379 e. The first kappa shape index (κ1) is 13.9. The first-order chi connectivity index (χ1) is 7.37. The molecule has 0 aromatic carbocycles. The van der Waals surface area contributed by atoms with Crippen molar-refractivity contribution in [1.29, 1.82) is 0 Å².